The highest BCUT2D eigenvalue weighted by Crippen LogP contribution is 2.21. The number of hydrogen-bond donors (Lipinski definition) is 2. The first kappa shape index (κ1) is 12.1. The SMILES string of the molecule is N[C@H](C(=O)N1CCCC1CO)c1ccccc1. The topological polar surface area (TPSA) is 66.6 Å². The van der Waals surface area contributed by atoms with Crippen molar-refractivity contribution in [1.82, 2.24) is 4.90 Å². The molecule has 0 spiro atoms. The van der Waals surface area contributed by atoms with Crippen molar-refractivity contribution in [3.63, 3.8) is 0 Å². The van der Waals surface area contributed by atoms with Gasteiger partial charge < -0.3 is 15.7 Å². The molecule has 1 saturated heterocycles. The second-order valence-corrected chi connectivity index (χ2v) is 4.40. The molecule has 1 unspecified atom stereocenters. The van der Waals surface area contributed by atoms with Crippen LogP contribution in [0.2, 0.25) is 0 Å². The average Bonchev–Trinajstić information content (AvgIpc) is 2.86. The van der Waals surface area contributed by atoms with E-state index in [1.165, 1.54) is 0 Å². The van der Waals surface area contributed by atoms with Crippen molar-refractivity contribution in [2.45, 2.75) is 24.9 Å². The van der Waals surface area contributed by atoms with E-state index in [2.05, 4.69) is 0 Å². The summed E-state index contributed by atoms with van der Waals surface area (Å²) in [4.78, 5) is 13.9. The van der Waals surface area contributed by atoms with E-state index >= 15 is 0 Å². The van der Waals surface area contributed by atoms with Gasteiger partial charge in [0.1, 0.15) is 6.04 Å². The van der Waals surface area contributed by atoms with E-state index in [9.17, 15) is 9.90 Å². The maximum atomic E-state index is 12.2. The van der Waals surface area contributed by atoms with Crippen LogP contribution in [0.4, 0.5) is 0 Å². The van der Waals surface area contributed by atoms with E-state index in [4.69, 9.17) is 5.73 Å². The van der Waals surface area contributed by atoms with Crippen LogP contribution in [0.1, 0.15) is 24.4 Å². The molecule has 1 aromatic rings. The summed E-state index contributed by atoms with van der Waals surface area (Å²) in [6, 6.07) is 8.67. The summed E-state index contributed by atoms with van der Waals surface area (Å²) >= 11 is 0. The molecule has 1 aliphatic heterocycles. The largest absolute Gasteiger partial charge is 0.394 e. The molecule has 1 heterocycles. The number of carbonyl (C=O) groups is 1. The molecule has 1 aromatic carbocycles. The van der Waals surface area contributed by atoms with Crippen molar-refractivity contribution in [2.24, 2.45) is 5.73 Å². The van der Waals surface area contributed by atoms with E-state index in [1.807, 2.05) is 30.3 Å². The Bertz CT molecular complexity index is 380. The van der Waals surface area contributed by atoms with Gasteiger partial charge >= 0.3 is 0 Å². The number of nitrogens with two attached hydrogens (primary N) is 1. The predicted molar refractivity (Wildman–Crippen MR) is 65.2 cm³/mol. The summed E-state index contributed by atoms with van der Waals surface area (Å²) in [7, 11) is 0. The second kappa shape index (κ2) is 5.29. The Balaban J connectivity index is 2.10. The molecule has 4 nitrogen and oxygen atoms in total. The fourth-order valence-corrected chi connectivity index (χ4v) is 2.30. The predicted octanol–water partition coefficient (Wildman–Crippen LogP) is 0.670. The number of rotatable bonds is 3. The van der Waals surface area contributed by atoms with Gasteiger partial charge in [0.15, 0.2) is 0 Å². The van der Waals surface area contributed by atoms with Gasteiger partial charge in [-0.15, -0.1) is 0 Å². The first-order valence-electron chi connectivity index (χ1n) is 5.96. The highest BCUT2D eigenvalue weighted by molar-refractivity contribution is 5.83. The maximum absolute atomic E-state index is 12.2. The highest BCUT2D eigenvalue weighted by atomic mass is 16.3. The first-order chi connectivity index (χ1) is 8.24. The van der Waals surface area contributed by atoms with Crippen LogP contribution in [0.15, 0.2) is 30.3 Å². The quantitative estimate of drug-likeness (QED) is 0.807. The minimum atomic E-state index is -0.622. The van der Waals surface area contributed by atoms with E-state index in [1.54, 1.807) is 4.90 Å². The molecule has 0 aromatic heterocycles. The minimum absolute atomic E-state index is 0.0211. The number of aliphatic hydroxyl groups excluding tert-OH is 1. The monoisotopic (exact) mass is 234 g/mol. The fraction of sp³-hybridized carbons (Fsp3) is 0.462. The number of likely N-dealkylation sites (tertiary alicyclic amines) is 1. The third-order valence-electron chi connectivity index (χ3n) is 3.30. The van der Waals surface area contributed by atoms with Gasteiger partial charge in [0.2, 0.25) is 5.91 Å². The van der Waals surface area contributed by atoms with Gasteiger partial charge in [-0.1, -0.05) is 30.3 Å². The number of amides is 1. The van der Waals surface area contributed by atoms with Crippen molar-refractivity contribution >= 4 is 5.91 Å². The molecule has 1 aliphatic rings. The number of carbonyl (C=O) groups excluding carboxylic acids is 1. The molecular weight excluding hydrogens is 216 g/mol. The van der Waals surface area contributed by atoms with Crippen molar-refractivity contribution in [3.8, 4) is 0 Å². The number of nitrogens with zero attached hydrogens (tertiary/aromatic N) is 1. The third-order valence-corrected chi connectivity index (χ3v) is 3.30. The normalized spacial score (nSPS) is 21.5. The molecule has 0 aliphatic carbocycles. The highest BCUT2D eigenvalue weighted by Gasteiger charge is 2.31. The first-order valence-corrected chi connectivity index (χ1v) is 5.96. The van der Waals surface area contributed by atoms with Gasteiger partial charge in [-0.25, -0.2) is 0 Å². The number of benzene rings is 1. The molecule has 3 N–H and O–H groups in total. The molecule has 17 heavy (non-hydrogen) atoms. The van der Waals surface area contributed by atoms with Crippen LogP contribution in [0, 0.1) is 0 Å². The number of aliphatic hydroxyl groups is 1. The van der Waals surface area contributed by atoms with Crippen LogP contribution in [-0.4, -0.2) is 35.1 Å². The lowest BCUT2D eigenvalue weighted by Crippen LogP contribution is -2.42. The van der Waals surface area contributed by atoms with Crippen molar-refractivity contribution in [3.05, 3.63) is 35.9 Å². The van der Waals surface area contributed by atoms with Crippen LogP contribution in [-0.2, 0) is 4.79 Å². The summed E-state index contributed by atoms with van der Waals surface area (Å²) in [5, 5.41) is 9.20. The van der Waals surface area contributed by atoms with E-state index in [0.717, 1.165) is 18.4 Å². The lowest BCUT2D eigenvalue weighted by molar-refractivity contribution is -0.134. The maximum Gasteiger partial charge on any atom is 0.244 e. The average molecular weight is 234 g/mol. The Morgan fingerprint density at radius 2 is 2.18 bits per heavy atom. The van der Waals surface area contributed by atoms with Gasteiger partial charge in [0.05, 0.1) is 12.6 Å². The zero-order valence-electron chi connectivity index (χ0n) is 9.75. The molecule has 92 valence electrons. The smallest absolute Gasteiger partial charge is 0.244 e. The molecule has 0 saturated carbocycles. The molecule has 2 atom stereocenters. The van der Waals surface area contributed by atoms with Crippen LogP contribution in [0.3, 0.4) is 0 Å². The van der Waals surface area contributed by atoms with Gasteiger partial charge in [-0.3, -0.25) is 4.79 Å². The van der Waals surface area contributed by atoms with Crippen LogP contribution in [0.25, 0.3) is 0 Å². The summed E-state index contributed by atoms with van der Waals surface area (Å²) in [5.41, 5.74) is 6.78. The summed E-state index contributed by atoms with van der Waals surface area (Å²) < 4.78 is 0. The van der Waals surface area contributed by atoms with Gasteiger partial charge in [0.25, 0.3) is 0 Å². The Kier molecular flexibility index (Phi) is 3.76. The van der Waals surface area contributed by atoms with Gasteiger partial charge in [0, 0.05) is 6.54 Å². The summed E-state index contributed by atoms with van der Waals surface area (Å²) in [6.07, 6.45) is 1.81. The van der Waals surface area contributed by atoms with Crippen LogP contribution in [0.5, 0.6) is 0 Å². The molecule has 4 heteroatoms. The molecule has 0 bridgehead atoms. The Morgan fingerprint density at radius 1 is 1.47 bits per heavy atom. The van der Waals surface area contributed by atoms with E-state index in [0.29, 0.717) is 6.54 Å². The van der Waals surface area contributed by atoms with Crippen molar-refractivity contribution in [1.29, 1.82) is 0 Å². The van der Waals surface area contributed by atoms with E-state index < -0.39 is 6.04 Å². The summed E-state index contributed by atoms with van der Waals surface area (Å²) in [5.74, 6) is -0.0900. The van der Waals surface area contributed by atoms with Crippen molar-refractivity contribution < 1.29 is 9.90 Å². The zero-order valence-corrected chi connectivity index (χ0v) is 9.75. The van der Waals surface area contributed by atoms with Gasteiger partial charge in [-0.05, 0) is 18.4 Å². The standard InChI is InChI=1S/C13H18N2O2/c14-12(10-5-2-1-3-6-10)13(17)15-8-4-7-11(15)9-16/h1-3,5-6,11-12,16H,4,7-9,14H2/t11?,12-/m0/s1. The summed E-state index contributed by atoms with van der Waals surface area (Å²) in [6.45, 7) is 0.720. The minimum Gasteiger partial charge on any atom is -0.394 e. The van der Waals surface area contributed by atoms with Gasteiger partial charge in [-0.2, -0.15) is 0 Å². The Labute approximate surface area is 101 Å². The Morgan fingerprint density at radius 3 is 2.82 bits per heavy atom. The lowest BCUT2D eigenvalue weighted by Gasteiger charge is -2.26. The molecule has 1 amide bonds. The Hall–Kier alpha value is -1.39. The second-order valence-electron chi connectivity index (χ2n) is 4.40. The van der Waals surface area contributed by atoms with Crippen LogP contribution < -0.4 is 5.73 Å². The third kappa shape index (κ3) is 2.48. The molecule has 0 radical (unpaired) electrons. The lowest BCUT2D eigenvalue weighted by atomic mass is 10.1. The van der Waals surface area contributed by atoms with E-state index in [-0.39, 0.29) is 18.6 Å². The number of hydrogen-bond acceptors (Lipinski definition) is 3. The zero-order chi connectivity index (χ0) is 12.3. The van der Waals surface area contributed by atoms with Crippen molar-refractivity contribution in [2.75, 3.05) is 13.2 Å². The molecule has 1 fully saturated rings. The van der Waals surface area contributed by atoms with Crippen LogP contribution >= 0.6 is 0 Å². The molecular formula is C13H18N2O2. The fourth-order valence-electron chi connectivity index (χ4n) is 2.30. The molecule has 2 rings (SSSR count).